The highest BCUT2D eigenvalue weighted by atomic mass is 79.9. The molecule has 0 spiro atoms. The summed E-state index contributed by atoms with van der Waals surface area (Å²) in [6.07, 6.45) is 1.54. The molecule has 0 unspecified atom stereocenters. The fourth-order valence-electron chi connectivity index (χ4n) is 3.85. The van der Waals surface area contributed by atoms with Gasteiger partial charge in [0, 0.05) is 18.1 Å². The van der Waals surface area contributed by atoms with Crippen LogP contribution in [0, 0.1) is 0 Å². The number of hydrogen-bond donors (Lipinski definition) is 2. The molecule has 0 aromatic heterocycles. The number of nitrogens with one attached hydrogen (secondary N) is 2. The zero-order valence-corrected chi connectivity index (χ0v) is 24.2. The van der Waals surface area contributed by atoms with Gasteiger partial charge in [-0.1, -0.05) is 84.4 Å². The largest absolute Gasteiger partial charge is 0.493 e. The first kappa shape index (κ1) is 28.9. The molecule has 0 aliphatic rings. The third kappa shape index (κ3) is 8.21. The van der Waals surface area contributed by atoms with Crippen molar-refractivity contribution in [2.75, 3.05) is 7.11 Å². The maximum atomic E-state index is 13.2. The third-order valence-corrected chi connectivity index (χ3v) is 6.78. The van der Waals surface area contributed by atoms with Gasteiger partial charge in [0.1, 0.15) is 12.2 Å². The summed E-state index contributed by atoms with van der Waals surface area (Å²) in [5.74, 6) is -0.0401. The van der Waals surface area contributed by atoms with Gasteiger partial charge in [0.15, 0.2) is 11.5 Å². The van der Waals surface area contributed by atoms with Gasteiger partial charge in [0.05, 0.1) is 11.6 Å². The Morgan fingerprint density at radius 3 is 1.88 bits per heavy atom. The Morgan fingerprint density at radius 2 is 1.35 bits per heavy atom. The van der Waals surface area contributed by atoms with E-state index in [0.29, 0.717) is 33.2 Å². The first-order valence-electron chi connectivity index (χ1n) is 12.5. The number of methoxy groups -OCH3 is 1. The van der Waals surface area contributed by atoms with Crippen LogP contribution < -0.4 is 20.1 Å². The molecule has 40 heavy (non-hydrogen) atoms. The maximum Gasteiger partial charge on any atom is 0.257 e. The van der Waals surface area contributed by atoms with Crippen LogP contribution in [0.4, 0.5) is 0 Å². The topological polar surface area (TPSA) is 76.7 Å². The van der Waals surface area contributed by atoms with Crippen molar-refractivity contribution in [1.29, 1.82) is 0 Å². The van der Waals surface area contributed by atoms with E-state index in [-0.39, 0.29) is 18.7 Å². The highest BCUT2D eigenvalue weighted by Gasteiger charge is 2.20. The highest BCUT2D eigenvalue weighted by Crippen LogP contribution is 2.38. The minimum Gasteiger partial charge on any atom is -0.493 e. The lowest BCUT2D eigenvalue weighted by molar-refractivity contribution is -0.123. The average Bonchev–Trinajstić information content (AvgIpc) is 2.98. The predicted octanol–water partition coefficient (Wildman–Crippen LogP) is 6.71. The molecule has 0 atom stereocenters. The van der Waals surface area contributed by atoms with Crippen LogP contribution in [0.1, 0.15) is 22.3 Å². The van der Waals surface area contributed by atoms with Crippen molar-refractivity contribution >= 4 is 45.4 Å². The van der Waals surface area contributed by atoms with E-state index in [1.807, 2.05) is 72.8 Å². The van der Waals surface area contributed by atoms with Crippen LogP contribution in [0.25, 0.3) is 6.08 Å². The lowest BCUT2D eigenvalue weighted by Gasteiger charge is -2.15. The standard InChI is InChI=1S/C32H28BrClN2O4/c1-39-29-18-25(17-28(33)30(29)40-21-24-12-14-26(34)15-13-24)16-27(31(37)35-19-22-8-4-2-5-9-22)32(38)36-20-23-10-6-3-7-11-23/h2-18H,19-21H2,1H3,(H,35,37)(H,36,38). The first-order valence-corrected chi connectivity index (χ1v) is 13.7. The normalized spacial score (nSPS) is 10.4. The van der Waals surface area contributed by atoms with Crippen molar-refractivity contribution in [3.05, 3.63) is 134 Å². The van der Waals surface area contributed by atoms with Gasteiger partial charge in [-0.25, -0.2) is 0 Å². The number of halogens is 2. The summed E-state index contributed by atoms with van der Waals surface area (Å²) < 4.78 is 12.2. The van der Waals surface area contributed by atoms with Crippen molar-refractivity contribution in [1.82, 2.24) is 10.6 Å². The molecular weight excluding hydrogens is 592 g/mol. The van der Waals surface area contributed by atoms with Crippen LogP contribution in [0.15, 0.2) is 107 Å². The molecular formula is C32H28BrClN2O4. The summed E-state index contributed by atoms with van der Waals surface area (Å²) >= 11 is 9.53. The molecule has 8 heteroatoms. The van der Waals surface area contributed by atoms with E-state index in [9.17, 15) is 9.59 Å². The van der Waals surface area contributed by atoms with Gasteiger partial charge in [-0.15, -0.1) is 0 Å². The first-order chi connectivity index (χ1) is 19.4. The van der Waals surface area contributed by atoms with Gasteiger partial charge in [0.2, 0.25) is 0 Å². The fourth-order valence-corrected chi connectivity index (χ4v) is 4.55. The monoisotopic (exact) mass is 618 g/mol. The van der Waals surface area contributed by atoms with Gasteiger partial charge >= 0.3 is 0 Å². The molecule has 0 aliphatic heterocycles. The van der Waals surface area contributed by atoms with Gasteiger partial charge in [-0.05, 0) is 68.5 Å². The Labute approximate surface area is 247 Å². The van der Waals surface area contributed by atoms with Crippen LogP contribution in [0.5, 0.6) is 11.5 Å². The van der Waals surface area contributed by atoms with E-state index < -0.39 is 11.8 Å². The molecule has 0 heterocycles. The van der Waals surface area contributed by atoms with Gasteiger partial charge < -0.3 is 20.1 Å². The third-order valence-electron chi connectivity index (χ3n) is 5.94. The summed E-state index contributed by atoms with van der Waals surface area (Å²) in [7, 11) is 1.53. The van der Waals surface area contributed by atoms with E-state index in [0.717, 1.165) is 16.7 Å². The molecule has 204 valence electrons. The van der Waals surface area contributed by atoms with Gasteiger partial charge in [0.25, 0.3) is 11.8 Å². The number of carbonyl (C=O) groups is 2. The van der Waals surface area contributed by atoms with Gasteiger partial charge in [-0.2, -0.15) is 0 Å². The minimum atomic E-state index is -0.493. The SMILES string of the molecule is COc1cc(C=C(C(=O)NCc2ccccc2)C(=O)NCc2ccccc2)cc(Br)c1OCc1ccc(Cl)cc1. The highest BCUT2D eigenvalue weighted by molar-refractivity contribution is 9.10. The molecule has 4 aromatic rings. The Morgan fingerprint density at radius 1 is 0.800 bits per heavy atom. The van der Waals surface area contributed by atoms with Gasteiger partial charge in [-0.3, -0.25) is 9.59 Å². The Hall–Kier alpha value is -4.07. The maximum absolute atomic E-state index is 13.2. The summed E-state index contributed by atoms with van der Waals surface area (Å²) in [4.78, 5) is 26.5. The fraction of sp³-hybridized carbons (Fsp3) is 0.125. The Kier molecular flexibility index (Phi) is 10.4. The number of ether oxygens (including phenoxy) is 2. The number of amides is 2. The van der Waals surface area contributed by atoms with Crippen molar-refractivity contribution in [2.45, 2.75) is 19.7 Å². The average molecular weight is 620 g/mol. The number of rotatable bonds is 11. The van der Waals surface area contributed by atoms with Crippen LogP contribution >= 0.6 is 27.5 Å². The smallest absolute Gasteiger partial charge is 0.257 e. The summed E-state index contributed by atoms with van der Waals surface area (Å²) in [6, 6.07) is 29.9. The van der Waals surface area contributed by atoms with E-state index in [1.165, 1.54) is 13.2 Å². The molecule has 0 saturated heterocycles. The summed E-state index contributed by atoms with van der Waals surface area (Å²) in [5, 5.41) is 6.35. The Balaban J connectivity index is 1.57. The molecule has 0 bridgehead atoms. The molecule has 4 rings (SSSR count). The van der Waals surface area contributed by atoms with E-state index in [2.05, 4.69) is 26.6 Å². The molecule has 2 amide bonds. The number of carbonyl (C=O) groups excluding carboxylic acids is 2. The second-order valence-corrected chi connectivity index (χ2v) is 10.1. The van der Waals surface area contributed by atoms with Crippen LogP contribution in [-0.4, -0.2) is 18.9 Å². The van der Waals surface area contributed by atoms with Crippen LogP contribution in [-0.2, 0) is 29.3 Å². The quantitative estimate of drug-likeness (QED) is 0.111. The number of benzene rings is 4. The summed E-state index contributed by atoms with van der Waals surface area (Å²) in [5.41, 5.74) is 3.34. The second-order valence-electron chi connectivity index (χ2n) is 8.84. The number of hydrogen-bond acceptors (Lipinski definition) is 4. The zero-order valence-electron chi connectivity index (χ0n) is 21.8. The predicted molar refractivity (Wildman–Crippen MR) is 161 cm³/mol. The molecule has 2 N–H and O–H groups in total. The molecule has 0 aliphatic carbocycles. The van der Waals surface area contributed by atoms with Crippen molar-refractivity contribution in [2.24, 2.45) is 0 Å². The second kappa shape index (κ2) is 14.4. The van der Waals surface area contributed by atoms with Crippen molar-refractivity contribution < 1.29 is 19.1 Å². The lowest BCUT2D eigenvalue weighted by atomic mass is 10.1. The van der Waals surface area contributed by atoms with E-state index >= 15 is 0 Å². The molecule has 0 radical (unpaired) electrons. The van der Waals surface area contributed by atoms with Crippen molar-refractivity contribution in [3.63, 3.8) is 0 Å². The van der Waals surface area contributed by atoms with E-state index in [1.54, 1.807) is 24.3 Å². The molecule has 4 aromatic carbocycles. The Bertz CT molecular complexity index is 1420. The summed E-state index contributed by atoms with van der Waals surface area (Å²) in [6.45, 7) is 0.872. The zero-order chi connectivity index (χ0) is 28.3. The minimum absolute atomic E-state index is 0.0318. The van der Waals surface area contributed by atoms with E-state index in [4.69, 9.17) is 21.1 Å². The molecule has 0 fully saturated rings. The molecule has 6 nitrogen and oxygen atoms in total. The van der Waals surface area contributed by atoms with Crippen LogP contribution in [0.2, 0.25) is 5.02 Å². The lowest BCUT2D eigenvalue weighted by Crippen LogP contribution is -2.34. The van der Waals surface area contributed by atoms with Crippen molar-refractivity contribution in [3.8, 4) is 11.5 Å². The van der Waals surface area contributed by atoms with Crippen LogP contribution in [0.3, 0.4) is 0 Å². The molecule has 0 saturated carbocycles.